The van der Waals surface area contributed by atoms with Crippen LogP contribution in [0.2, 0.25) is 0 Å². The van der Waals surface area contributed by atoms with Gasteiger partial charge < -0.3 is 4.57 Å². The molecule has 0 spiro atoms. The van der Waals surface area contributed by atoms with Crippen molar-refractivity contribution in [1.82, 2.24) is 18.9 Å². The molecule has 0 fully saturated rings. The van der Waals surface area contributed by atoms with Crippen molar-refractivity contribution in [2.75, 3.05) is 0 Å². The lowest BCUT2D eigenvalue weighted by Crippen LogP contribution is -1.92. The van der Waals surface area contributed by atoms with E-state index >= 15 is 0 Å². The molecule has 0 aliphatic heterocycles. The molecule has 4 nitrogen and oxygen atoms in total. The summed E-state index contributed by atoms with van der Waals surface area (Å²) in [7, 11) is 0. The van der Waals surface area contributed by atoms with E-state index in [-0.39, 0.29) is 0 Å². The predicted octanol–water partition coefficient (Wildman–Crippen LogP) is 11.2. The smallest absolute Gasteiger partial charge is 0.165 e. The normalized spacial score (nSPS) is 12.2. The SMILES string of the molecule is c1ccc(-c2ccc3nc4c5cc(-c6cccc7c6c6ccccc6n7-c6ccccc6)cc6c7ccccc7n(c4nc3c2)c65)cc1. The molecule has 0 radical (unpaired) electrons. The first kappa shape index (κ1) is 25.6. The summed E-state index contributed by atoms with van der Waals surface area (Å²) in [6.07, 6.45) is 0. The lowest BCUT2D eigenvalue weighted by atomic mass is 9.96. The average Bonchev–Trinajstić information content (AvgIpc) is 3.79. The molecule has 7 aromatic carbocycles. The molecule has 0 saturated heterocycles. The number of aromatic nitrogens is 4. The van der Waals surface area contributed by atoms with Gasteiger partial charge in [0.25, 0.3) is 0 Å². The lowest BCUT2D eigenvalue weighted by molar-refractivity contribution is 1.18. The molecule has 11 rings (SSSR count). The Morgan fingerprint density at radius 1 is 0.417 bits per heavy atom. The van der Waals surface area contributed by atoms with Gasteiger partial charge in [0.1, 0.15) is 5.52 Å². The third-order valence-corrected chi connectivity index (χ3v) is 10.0. The van der Waals surface area contributed by atoms with Crippen LogP contribution in [0.4, 0.5) is 0 Å². The van der Waals surface area contributed by atoms with Crippen molar-refractivity contribution in [3.05, 3.63) is 158 Å². The fraction of sp³-hybridized carbons (Fsp3) is 0. The molecule has 0 amide bonds. The number of benzene rings is 7. The van der Waals surface area contributed by atoms with E-state index in [0.717, 1.165) is 44.4 Å². The molecular weight excluding hydrogens is 585 g/mol. The number of hydrogen-bond acceptors (Lipinski definition) is 2. The van der Waals surface area contributed by atoms with E-state index in [9.17, 15) is 0 Å². The maximum absolute atomic E-state index is 5.33. The lowest BCUT2D eigenvalue weighted by Gasteiger charge is -2.09. The van der Waals surface area contributed by atoms with Crippen molar-refractivity contribution in [2.45, 2.75) is 0 Å². The summed E-state index contributed by atoms with van der Waals surface area (Å²) in [5, 5.41) is 6.06. The number of hydrogen-bond donors (Lipinski definition) is 0. The highest BCUT2D eigenvalue weighted by atomic mass is 15.0. The topological polar surface area (TPSA) is 35.1 Å². The minimum absolute atomic E-state index is 0.893. The maximum Gasteiger partial charge on any atom is 0.165 e. The Hall–Kier alpha value is -6.52. The van der Waals surface area contributed by atoms with Gasteiger partial charge in [0, 0.05) is 32.6 Å². The van der Waals surface area contributed by atoms with E-state index < -0.39 is 0 Å². The Morgan fingerprint density at radius 3 is 1.98 bits per heavy atom. The second-order valence-electron chi connectivity index (χ2n) is 12.6. The van der Waals surface area contributed by atoms with Crippen LogP contribution in [0.5, 0.6) is 0 Å². The van der Waals surface area contributed by atoms with Gasteiger partial charge in [0.2, 0.25) is 0 Å². The Balaban J connectivity index is 1.24. The summed E-state index contributed by atoms with van der Waals surface area (Å²) in [5.41, 5.74) is 14.2. The summed E-state index contributed by atoms with van der Waals surface area (Å²) >= 11 is 0. The van der Waals surface area contributed by atoms with Crippen LogP contribution in [-0.2, 0) is 0 Å². The quantitative estimate of drug-likeness (QED) is 0.199. The van der Waals surface area contributed by atoms with Crippen LogP contribution in [0.15, 0.2) is 158 Å². The summed E-state index contributed by atoms with van der Waals surface area (Å²) in [5.74, 6) is 0. The molecule has 222 valence electrons. The van der Waals surface area contributed by atoms with Crippen molar-refractivity contribution in [1.29, 1.82) is 0 Å². The van der Waals surface area contributed by atoms with Gasteiger partial charge in [-0.1, -0.05) is 103 Å². The molecule has 11 aromatic rings. The van der Waals surface area contributed by atoms with Gasteiger partial charge in [0.15, 0.2) is 5.65 Å². The molecule has 0 atom stereocenters. The van der Waals surface area contributed by atoms with Gasteiger partial charge in [0.05, 0.1) is 33.1 Å². The standard InChI is InChI=1S/C44H26N4/c1-3-12-27(13-4-1)28-22-23-36-37(26-28)46-44-42(45-36)35-25-29(24-34-32-16-7-9-19-38(32)48(44)43(34)35)31-18-11-21-40-41(31)33-17-8-10-20-39(33)47(40)30-14-5-2-6-15-30/h1-26H. The Bertz CT molecular complexity index is 3040. The third-order valence-electron chi connectivity index (χ3n) is 10.0. The molecule has 0 unspecified atom stereocenters. The largest absolute Gasteiger partial charge is 0.309 e. The van der Waals surface area contributed by atoms with Crippen LogP contribution in [0.25, 0.3) is 99.1 Å². The fourth-order valence-electron chi connectivity index (χ4n) is 7.96. The van der Waals surface area contributed by atoms with Crippen LogP contribution in [-0.4, -0.2) is 18.9 Å². The molecule has 0 bridgehead atoms. The van der Waals surface area contributed by atoms with E-state index in [1.54, 1.807) is 0 Å². The first-order valence-corrected chi connectivity index (χ1v) is 16.3. The molecule has 0 N–H and O–H groups in total. The second kappa shape index (κ2) is 9.50. The Kier molecular flexibility index (Phi) is 5.08. The van der Waals surface area contributed by atoms with Crippen molar-refractivity contribution < 1.29 is 0 Å². The molecular formula is C44H26N4. The van der Waals surface area contributed by atoms with Gasteiger partial charge >= 0.3 is 0 Å². The first-order valence-electron chi connectivity index (χ1n) is 16.3. The van der Waals surface area contributed by atoms with Gasteiger partial charge in [-0.15, -0.1) is 0 Å². The Morgan fingerprint density at radius 2 is 1.12 bits per heavy atom. The number of nitrogens with zero attached hydrogens (tertiary/aromatic N) is 4. The number of rotatable bonds is 3. The van der Waals surface area contributed by atoms with E-state index in [1.165, 1.54) is 54.8 Å². The maximum atomic E-state index is 5.33. The zero-order chi connectivity index (χ0) is 31.3. The van der Waals surface area contributed by atoms with Crippen LogP contribution in [0.3, 0.4) is 0 Å². The molecule has 4 heterocycles. The summed E-state index contributed by atoms with van der Waals surface area (Å²) in [4.78, 5) is 10.6. The van der Waals surface area contributed by atoms with Gasteiger partial charge in [-0.25, -0.2) is 9.97 Å². The van der Waals surface area contributed by atoms with Crippen LogP contribution in [0, 0.1) is 0 Å². The number of para-hydroxylation sites is 3. The Labute approximate surface area is 275 Å². The summed E-state index contributed by atoms with van der Waals surface area (Å²) < 4.78 is 4.71. The highest BCUT2D eigenvalue weighted by Crippen LogP contribution is 2.44. The van der Waals surface area contributed by atoms with E-state index in [0.29, 0.717) is 0 Å². The van der Waals surface area contributed by atoms with Gasteiger partial charge in [-0.2, -0.15) is 0 Å². The molecule has 48 heavy (non-hydrogen) atoms. The minimum Gasteiger partial charge on any atom is -0.309 e. The van der Waals surface area contributed by atoms with E-state index in [2.05, 4.69) is 161 Å². The average molecular weight is 611 g/mol. The molecule has 0 saturated carbocycles. The van der Waals surface area contributed by atoms with Crippen molar-refractivity contribution >= 4 is 71.2 Å². The molecule has 0 aliphatic carbocycles. The zero-order valence-corrected chi connectivity index (χ0v) is 25.8. The van der Waals surface area contributed by atoms with E-state index in [4.69, 9.17) is 9.97 Å². The minimum atomic E-state index is 0.893. The van der Waals surface area contributed by atoms with Crippen molar-refractivity contribution in [2.24, 2.45) is 0 Å². The highest BCUT2D eigenvalue weighted by molar-refractivity contribution is 6.25. The molecule has 4 heteroatoms. The van der Waals surface area contributed by atoms with Crippen molar-refractivity contribution in [3.63, 3.8) is 0 Å². The van der Waals surface area contributed by atoms with Crippen molar-refractivity contribution in [3.8, 4) is 27.9 Å². The highest BCUT2D eigenvalue weighted by Gasteiger charge is 2.23. The van der Waals surface area contributed by atoms with E-state index in [1.807, 2.05) is 6.07 Å². The van der Waals surface area contributed by atoms with Crippen LogP contribution < -0.4 is 0 Å². The van der Waals surface area contributed by atoms with Crippen LogP contribution >= 0.6 is 0 Å². The summed E-state index contributed by atoms with van der Waals surface area (Å²) in [6.45, 7) is 0. The third kappa shape index (κ3) is 3.43. The molecule has 0 aliphatic rings. The summed E-state index contributed by atoms with van der Waals surface area (Å²) in [6, 6.07) is 56.4. The van der Waals surface area contributed by atoms with Gasteiger partial charge in [-0.05, 0) is 76.9 Å². The number of fused-ring (bicyclic) bond motifs is 10. The monoisotopic (exact) mass is 610 g/mol. The fourth-order valence-corrected chi connectivity index (χ4v) is 7.96. The molecule has 4 aromatic heterocycles. The van der Waals surface area contributed by atoms with Gasteiger partial charge in [-0.3, -0.25) is 4.40 Å². The zero-order valence-electron chi connectivity index (χ0n) is 25.8. The van der Waals surface area contributed by atoms with Crippen LogP contribution in [0.1, 0.15) is 0 Å². The predicted molar refractivity (Wildman–Crippen MR) is 199 cm³/mol. The second-order valence-corrected chi connectivity index (χ2v) is 12.6. The first-order chi connectivity index (χ1) is 23.8.